The fraction of sp³-hybridized carbons (Fsp3) is 0.500. The predicted octanol–water partition coefficient (Wildman–Crippen LogP) is 3.22. The maximum atomic E-state index is 2.61. The van der Waals surface area contributed by atoms with Gasteiger partial charge in [-0.2, -0.15) is 0 Å². The van der Waals surface area contributed by atoms with Crippen molar-refractivity contribution in [3.8, 4) is 0 Å². The lowest BCUT2D eigenvalue weighted by molar-refractivity contribution is 1.71. The van der Waals surface area contributed by atoms with Crippen molar-refractivity contribution >= 4 is 28.2 Å². The molecular weight excluding hydrogens is 228 g/mol. The lowest BCUT2D eigenvalue weighted by atomic mass is 10.4. The summed E-state index contributed by atoms with van der Waals surface area (Å²) in [6.07, 6.45) is 0. The molecular formula is C12H23Si3. The third kappa shape index (κ3) is 2.34. The zero-order chi connectivity index (χ0) is 11.7. The van der Waals surface area contributed by atoms with Gasteiger partial charge in [-0.3, -0.25) is 0 Å². The van der Waals surface area contributed by atoms with Crippen LogP contribution >= 0.6 is 0 Å². The molecule has 0 heterocycles. The van der Waals surface area contributed by atoms with Crippen molar-refractivity contribution in [3.05, 3.63) is 30.3 Å². The Morgan fingerprint density at radius 3 is 1.73 bits per heavy atom. The quantitative estimate of drug-likeness (QED) is 0.724. The highest BCUT2D eigenvalue weighted by molar-refractivity contribution is 7.66. The molecule has 0 fully saturated rings. The van der Waals surface area contributed by atoms with E-state index >= 15 is 0 Å². The van der Waals surface area contributed by atoms with Gasteiger partial charge in [0.05, 0.1) is 7.59 Å². The molecule has 1 rings (SSSR count). The van der Waals surface area contributed by atoms with Crippen LogP contribution in [0.3, 0.4) is 0 Å². The molecule has 0 amide bonds. The third-order valence-corrected chi connectivity index (χ3v) is 39.6. The molecule has 0 aromatic heterocycles. The summed E-state index contributed by atoms with van der Waals surface area (Å²) in [7, 11) is -2.31. The van der Waals surface area contributed by atoms with Gasteiger partial charge in [0.15, 0.2) is 0 Å². The van der Waals surface area contributed by atoms with E-state index in [-0.39, 0.29) is 8.31 Å². The van der Waals surface area contributed by atoms with Crippen LogP contribution in [0.4, 0.5) is 0 Å². The van der Waals surface area contributed by atoms with Crippen LogP contribution < -0.4 is 5.19 Å². The molecule has 15 heavy (non-hydrogen) atoms. The Balaban J connectivity index is 3.13. The van der Waals surface area contributed by atoms with E-state index in [1.807, 2.05) is 0 Å². The molecule has 0 aliphatic heterocycles. The summed E-state index contributed by atoms with van der Waals surface area (Å²) < 4.78 is 0. The Bertz CT molecular complexity index is 315. The standard InChI is InChI=1S/C12H23Si3/c1-13(2)15(5,6)14(3,4)12-10-8-7-9-11-12/h7-11H,1-6H3. The molecule has 0 aliphatic rings. The van der Waals surface area contributed by atoms with Crippen LogP contribution in [0.2, 0.25) is 39.3 Å². The molecule has 1 aromatic carbocycles. The minimum Gasteiger partial charge on any atom is -0.0735 e. The first kappa shape index (κ1) is 12.9. The van der Waals surface area contributed by atoms with E-state index in [9.17, 15) is 0 Å². The summed E-state index contributed by atoms with van der Waals surface area (Å²) >= 11 is 0. The second kappa shape index (κ2) is 4.39. The molecule has 0 N–H and O–H groups in total. The molecule has 0 aliphatic carbocycles. The lowest BCUT2D eigenvalue weighted by Gasteiger charge is -2.41. The zero-order valence-electron chi connectivity index (χ0n) is 10.9. The van der Waals surface area contributed by atoms with Crippen molar-refractivity contribution in [3.63, 3.8) is 0 Å². The minimum absolute atomic E-state index is 0.114. The highest BCUT2D eigenvalue weighted by Gasteiger charge is 2.44. The van der Waals surface area contributed by atoms with Gasteiger partial charge in [-0.25, -0.2) is 0 Å². The highest BCUT2D eigenvalue weighted by atomic mass is 29.6. The molecule has 83 valence electrons. The van der Waals surface area contributed by atoms with Gasteiger partial charge >= 0.3 is 0 Å². The Labute approximate surface area is 97.9 Å². The van der Waals surface area contributed by atoms with E-state index in [0.29, 0.717) is 0 Å². The van der Waals surface area contributed by atoms with E-state index in [1.165, 1.54) is 0 Å². The van der Waals surface area contributed by atoms with Crippen molar-refractivity contribution in [2.45, 2.75) is 39.3 Å². The summed E-state index contributed by atoms with van der Waals surface area (Å²) in [5.41, 5.74) is 0. The zero-order valence-corrected chi connectivity index (χ0v) is 13.9. The fourth-order valence-electron chi connectivity index (χ4n) is 1.84. The Kier molecular flexibility index (Phi) is 3.79. The number of hydrogen-bond donors (Lipinski definition) is 0. The lowest BCUT2D eigenvalue weighted by Crippen LogP contribution is -2.69. The monoisotopic (exact) mass is 251 g/mol. The van der Waals surface area contributed by atoms with Crippen LogP contribution in [0.5, 0.6) is 0 Å². The predicted molar refractivity (Wildman–Crippen MR) is 78.5 cm³/mol. The molecule has 0 unspecified atom stereocenters. The summed E-state index contributed by atoms with van der Waals surface area (Å²) in [6.45, 7) is 15.4. The van der Waals surface area contributed by atoms with E-state index < -0.39 is 14.7 Å². The molecule has 0 saturated carbocycles. The molecule has 0 atom stereocenters. The Morgan fingerprint density at radius 2 is 1.33 bits per heavy atom. The van der Waals surface area contributed by atoms with Gasteiger partial charge in [-0.15, -0.1) is 0 Å². The second-order valence-electron chi connectivity index (χ2n) is 5.62. The average Bonchev–Trinajstić information content (AvgIpc) is 2.18. The second-order valence-corrected chi connectivity index (χ2v) is 30.4. The first-order chi connectivity index (χ1) is 6.80. The summed E-state index contributed by atoms with van der Waals surface area (Å²) in [5.74, 6) is 0. The smallest absolute Gasteiger partial charge is 0.0711 e. The van der Waals surface area contributed by atoms with Gasteiger partial charge in [-0.05, 0) is 0 Å². The molecule has 3 heteroatoms. The molecule has 0 spiro atoms. The largest absolute Gasteiger partial charge is 0.0735 e. The molecule has 1 radical (unpaired) electrons. The van der Waals surface area contributed by atoms with Crippen LogP contribution in [-0.2, 0) is 0 Å². The van der Waals surface area contributed by atoms with E-state index in [4.69, 9.17) is 0 Å². The minimum atomic E-state index is -1.19. The third-order valence-electron chi connectivity index (χ3n) is 4.31. The van der Waals surface area contributed by atoms with Crippen LogP contribution in [-0.4, -0.2) is 23.0 Å². The van der Waals surface area contributed by atoms with Gasteiger partial charge in [0.25, 0.3) is 0 Å². The van der Waals surface area contributed by atoms with Gasteiger partial charge in [0.2, 0.25) is 0 Å². The average molecular weight is 252 g/mol. The van der Waals surface area contributed by atoms with E-state index in [2.05, 4.69) is 69.6 Å². The Hall–Kier alpha value is -0.129. The van der Waals surface area contributed by atoms with Gasteiger partial charge < -0.3 is 0 Å². The van der Waals surface area contributed by atoms with Crippen molar-refractivity contribution in [1.29, 1.82) is 0 Å². The number of benzene rings is 1. The molecule has 0 nitrogen and oxygen atoms in total. The van der Waals surface area contributed by atoms with Gasteiger partial charge in [0, 0.05) is 15.4 Å². The first-order valence-corrected chi connectivity index (χ1v) is 16.2. The van der Waals surface area contributed by atoms with Crippen molar-refractivity contribution in [2.24, 2.45) is 0 Å². The van der Waals surface area contributed by atoms with Crippen molar-refractivity contribution < 1.29 is 0 Å². The Morgan fingerprint density at radius 1 is 0.867 bits per heavy atom. The van der Waals surface area contributed by atoms with Crippen LogP contribution in [0, 0.1) is 0 Å². The topological polar surface area (TPSA) is 0 Å². The highest BCUT2D eigenvalue weighted by Crippen LogP contribution is 2.21. The summed E-state index contributed by atoms with van der Waals surface area (Å²) in [5, 5.41) is 1.66. The molecule has 0 bridgehead atoms. The maximum Gasteiger partial charge on any atom is 0.0711 e. The number of rotatable bonds is 3. The van der Waals surface area contributed by atoms with Crippen molar-refractivity contribution in [1.82, 2.24) is 0 Å². The van der Waals surface area contributed by atoms with Gasteiger partial charge in [0.1, 0.15) is 0 Å². The fourth-order valence-corrected chi connectivity index (χ4v) is 23.8. The maximum absolute atomic E-state index is 2.61. The van der Waals surface area contributed by atoms with Crippen LogP contribution in [0.15, 0.2) is 30.3 Å². The molecule has 1 aromatic rings. The summed E-state index contributed by atoms with van der Waals surface area (Å²) in [4.78, 5) is 0. The normalized spacial score (nSPS) is 13.3. The van der Waals surface area contributed by atoms with E-state index in [1.54, 1.807) is 5.19 Å². The van der Waals surface area contributed by atoms with Crippen molar-refractivity contribution in [2.75, 3.05) is 0 Å². The number of hydrogen-bond acceptors (Lipinski definition) is 0. The summed E-state index contributed by atoms with van der Waals surface area (Å²) in [6, 6.07) is 11.2. The SMILES string of the molecule is C[Si](C)[Si](C)(C)[Si](C)(C)c1ccccc1. The van der Waals surface area contributed by atoms with Crippen LogP contribution in [0.25, 0.3) is 0 Å². The molecule has 0 saturated heterocycles. The first-order valence-electron chi connectivity index (χ1n) is 5.66. The van der Waals surface area contributed by atoms with Crippen LogP contribution in [0.1, 0.15) is 0 Å². The van der Waals surface area contributed by atoms with E-state index in [0.717, 1.165) is 0 Å². The van der Waals surface area contributed by atoms with Gasteiger partial charge in [-0.1, -0.05) is 74.8 Å².